The molecule has 0 aliphatic heterocycles. The Morgan fingerprint density at radius 3 is 2.05 bits per heavy atom. The van der Waals surface area contributed by atoms with Crippen molar-refractivity contribution in [3.63, 3.8) is 0 Å². The standard InChI is InChI=1S/C16H14N4O2/c1-21-15-6-3-11(9-16(15)22-2)13-4-5-14(20-19-13)12-7-8-17-18-10-12/h3-10H,1-2H3. The molecule has 0 radical (unpaired) electrons. The van der Waals surface area contributed by atoms with Crippen LogP contribution >= 0.6 is 0 Å². The molecule has 6 nitrogen and oxygen atoms in total. The van der Waals surface area contributed by atoms with Crippen LogP contribution in [0.25, 0.3) is 22.5 Å². The van der Waals surface area contributed by atoms with Crippen LogP contribution in [0.3, 0.4) is 0 Å². The van der Waals surface area contributed by atoms with Gasteiger partial charge in [-0.2, -0.15) is 10.2 Å². The summed E-state index contributed by atoms with van der Waals surface area (Å²) in [5.74, 6) is 1.34. The summed E-state index contributed by atoms with van der Waals surface area (Å²) in [5.41, 5.74) is 3.29. The van der Waals surface area contributed by atoms with E-state index in [2.05, 4.69) is 20.4 Å². The molecule has 0 unspecified atom stereocenters. The number of hydrogen-bond donors (Lipinski definition) is 0. The van der Waals surface area contributed by atoms with E-state index in [9.17, 15) is 0 Å². The maximum absolute atomic E-state index is 5.30. The Hall–Kier alpha value is -3.02. The van der Waals surface area contributed by atoms with E-state index in [-0.39, 0.29) is 0 Å². The minimum absolute atomic E-state index is 0.657. The minimum atomic E-state index is 0.657. The largest absolute Gasteiger partial charge is 0.493 e. The number of hydrogen-bond acceptors (Lipinski definition) is 6. The first-order valence-electron chi connectivity index (χ1n) is 6.65. The van der Waals surface area contributed by atoms with Crippen LogP contribution in [0.4, 0.5) is 0 Å². The smallest absolute Gasteiger partial charge is 0.161 e. The topological polar surface area (TPSA) is 70.0 Å². The van der Waals surface area contributed by atoms with Crippen LogP contribution < -0.4 is 9.47 Å². The van der Waals surface area contributed by atoms with Gasteiger partial charge in [0.25, 0.3) is 0 Å². The number of methoxy groups -OCH3 is 2. The molecule has 0 saturated heterocycles. The molecular formula is C16H14N4O2. The summed E-state index contributed by atoms with van der Waals surface area (Å²) < 4.78 is 10.5. The molecule has 3 rings (SSSR count). The Morgan fingerprint density at radius 1 is 0.727 bits per heavy atom. The number of ether oxygens (including phenoxy) is 2. The molecule has 0 atom stereocenters. The molecule has 0 N–H and O–H groups in total. The molecule has 0 aliphatic carbocycles. The van der Waals surface area contributed by atoms with Crippen molar-refractivity contribution in [3.05, 3.63) is 48.8 Å². The lowest BCUT2D eigenvalue weighted by Gasteiger charge is -2.09. The van der Waals surface area contributed by atoms with Gasteiger partial charge in [-0.25, -0.2) is 0 Å². The molecule has 1 aromatic carbocycles. The number of nitrogens with zero attached hydrogens (tertiary/aromatic N) is 4. The van der Waals surface area contributed by atoms with Crippen LogP contribution in [0.1, 0.15) is 0 Å². The molecule has 3 aromatic rings. The quantitative estimate of drug-likeness (QED) is 0.736. The molecule has 0 amide bonds. The fourth-order valence-corrected chi connectivity index (χ4v) is 2.08. The summed E-state index contributed by atoms with van der Waals surface area (Å²) in [6, 6.07) is 11.3. The first-order chi connectivity index (χ1) is 10.8. The Bertz CT molecular complexity index is 761. The number of aromatic nitrogens is 4. The highest BCUT2D eigenvalue weighted by molar-refractivity contribution is 5.65. The van der Waals surface area contributed by atoms with Crippen molar-refractivity contribution in [2.75, 3.05) is 14.2 Å². The summed E-state index contributed by atoms with van der Waals surface area (Å²) >= 11 is 0. The first-order valence-corrected chi connectivity index (χ1v) is 6.65. The molecule has 0 bridgehead atoms. The van der Waals surface area contributed by atoms with Gasteiger partial charge in [0.1, 0.15) is 0 Å². The summed E-state index contributed by atoms with van der Waals surface area (Å²) in [6.07, 6.45) is 3.28. The van der Waals surface area contributed by atoms with Crippen molar-refractivity contribution >= 4 is 0 Å². The lowest BCUT2D eigenvalue weighted by Crippen LogP contribution is -1.94. The summed E-state index contributed by atoms with van der Waals surface area (Å²) in [5, 5.41) is 16.1. The Labute approximate surface area is 127 Å². The molecular weight excluding hydrogens is 280 g/mol. The van der Waals surface area contributed by atoms with Gasteiger partial charge in [-0.3, -0.25) is 0 Å². The molecule has 0 fully saturated rings. The van der Waals surface area contributed by atoms with Gasteiger partial charge in [-0.1, -0.05) is 0 Å². The highest BCUT2D eigenvalue weighted by Crippen LogP contribution is 2.31. The monoisotopic (exact) mass is 294 g/mol. The lowest BCUT2D eigenvalue weighted by molar-refractivity contribution is 0.355. The molecule has 0 saturated carbocycles. The van der Waals surface area contributed by atoms with Gasteiger partial charge in [0, 0.05) is 11.1 Å². The molecule has 6 heteroatoms. The van der Waals surface area contributed by atoms with Crippen LogP contribution in [0, 0.1) is 0 Å². The van der Waals surface area contributed by atoms with Crippen LogP contribution in [0.5, 0.6) is 11.5 Å². The molecule has 110 valence electrons. The average Bonchev–Trinajstić information content (AvgIpc) is 2.62. The van der Waals surface area contributed by atoms with Crippen LogP contribution in [0.2, 0.25) is 0 Å². The second kappa shape index (κ2) is 6.17. The van der Waals surface area contributed by atoms with Crippen molar-refractivity contribution in [2.45, 2.75) is 0 Å². The van der Waals surface area contributed by atoms with Gasteiger partial charge < -0.3 is 9.47 Å². The zero-order chi connectivity index (χ0) is 15.4. The van der Waals surface area contributed by atoms with Crippen LogP contribution in [0.15, 0.2) is 48.8 Å². The van der Waals surface area contributed by atoms with Gasteiger partial charge in [0.05, 0.1) is 38.0 Å². The Morgan fingerprint density at radius 2 is 1.45 bits per heavy atom. The Kier molecular flexibility index (Phi) is 3.91. The zero-order valence-electron chi connectivity index (χ0n) is 12.2. The third kappa shape index (κ3) is 2.71. The van der Waals surface area contributed by atoms with E-state index in [0.717, 1.165) is 22.5 Å². The second-order valence-electron chi connectivity index (χ2n) is 4.50. The highest BCUT2D eigenvalue weighted by Gasteiger charge is 2.08. The normalized spacial score (nSPS) is 10.3. The van der Waals surface area contributed by atoms with Gasteiger partial charge in [-0.15, -0.1) is 10.2 Å². The van der Waals surface area contributed by atoms with E-state index in [1.165, 1.54) is 0 Å². The minimum Gasteiger partial charge on any atom is -0.493 e. The maximum Gasteiger partial charge on any atom is 0.161 e. The SMILES string of the molecule is COc1ccc(-c2ccc(-c3ccnnc3)nn2)cc1OC. The zero-order valence-corrected chi connectivity index (χ0v) is 12.2. The summed E-state index contributed by atoms with van der Waals surface area (Å²) in [6.45, 7) is 0. The molecule has 2 heterocycles. The molecule has 2 aromatic heterocycles. The van der Waals surface area contributed by atoms with Crippen molar-refractivity contribution < 1.29 is 9.47 Å². The van der Waals surface area contributed by atoms with Crippen molar-refractivity contribution in [3.8, 4) is 34.0 Å². The highest BCUT2D eigenvalue weighted by atomic mass is 16.5. The average molecular weight is 294 g/mol. The molecule has 0 spiro atoms. The summed E-state index contributed by atoms with van der Waals surface area (Å²) in [4.78, 5) is 0. The third-order valence-corrected chi connectivity index (χ3v) is 3.22. The van der Waals surface area contributed by atoms with E-state index in [4.69, 9.17) is 9.47 Å². The van der Waals surface area contributed by atoms with Gasteiger partial charge in [-0.05, 0) is 36.4 Å². The number of rotatable bonds is 4. The van der Waals surface area contributed by atoms with Gasteiger partial charge in [0.2, 0.25) is 0 Å². The van der Waals surface area contributed by atoms with Crippen LogP contribution in [-0.4, -0.2) is 34.6 Å². The summed E-state index contributed by atoms with van der Waals surface area (Å²) in [7, 11) is 3.21. The number of benzene rings is 1. The van der Waals surface area contributed by atoms with Crippen molar-refractivity contribution in [1.82, 2.24) is 20.4 Å². The predicted molar refractivity (Wildman–Crippen MR) is 81.6 cm³/mol. The van der Waals surface area contributed by atoms with E-state index < -0.39 is 0 Å². The second-order valence-corrected chi connectivity index (χ2v) is 4.50. The van der Waals surface area contributed by atoms with E-state index in [0.29, 0.717) is 11.5 Å². The van der Waals surface area contributed by atoms with E-state index >= 15 is 0 Å². The fourth-order valence-electron chi connectivity index (χ4n) is 2.08. The van der Waals surface area contributed by atoms with Crippen molar-refractivity contribution in [2.24, 2.45) is 0 Å². The predicted octanol–water partition coefficient (Wildman–Crippen LogP) is 2.62. The van der Waals surface area contributed by atoms with Gasteiger partial charge in [0.15, 0.2) is 11.5 Å². The third-order valence-electron chi connectivity index (χ3n) is 3.22. The first kappa shape index (κ1) is 13.9. The molecule has 22 heavy (non-hydrogen) atoms. The maximum atomic E-state index is 5.30. The van der Waals surface area contributed by atoms with Crippen LogP contribution in [-0.2, 0) is 0 Å². The van der Waals surface area contributed by atoms with E-state index in [1.54, 1.807) is 26.6 Å². The van der Waals surface area contributed by atoms with E-state index in [1.807, 2.05) is 36.4 Å². The fraction of sp³-hybridized carbons (Fsp3) is 0.125. The lowest BCUT2D eigenvalue weighted by atomic mass is 10.1. The van der Waals surface area contributed by atoms with Crippen molar-refractivity contribution in [1.29, 1.82) is 0 Å². The molecule has 0 aliphatic rings. The van der Waals surface area contributed by atoms with Gasteiger partial charge >= 0.3 is 0 Å². The Balaban J connectivity index is 1.93.